The first-order valence-electron chi connectivity index (χ1n) is 17.0. The fraction of sp³-hybridized carbons (Fsp3) is 0.500. The van der Waals surface area contributed by atoms with Gasteiger partial charge in [0.1, 0.15) is 24.1 Å². The molecule has 14 heteroatoms. The average Bonchev–Trinajstić information content (AvgIpc) is 4.08. The lowest BCUT2D eigenvalue weighted by Gasteiger charge is -2.25. The van der Waals surface area contributed by atoms with Gasteiger partial charge in [-0.3, -0.25) is 9.19 Å². The van der Waals surface area contributed by atoms with Crippen LogP contribution in [0.4, 0.5) is 4.79 Å². The summed E-state index contributed by atoms with van der Waals surface area (Å²) < 4.78 is 25.9. The van der Waals surface area contributed by atoms with Crippen LogP contribution < -0.4 is 15.4 Å². The SMILES string of the molecule is O=C(NCCCCCS(=O)c1ccc(Cl)c(COC2(c3cnccc3-c3ccccc3OC3CC3)CC2)c1)NCC(O)C(O)C(O)C(O)CO. The Morgan fingerprint density at radius 2 is 1.74 bits per heavy atom. The molecule has 2 aromatic carbocycles. The van der Waals surface area contributed by atoms with Gasteiger partial charge < -0.3 is 45.6 Å². The molecule has 2 aliphatic carbocycles. The van der Waals surface area contributed by atoms with Gasteiger partial charge in [-0.15, -0.1) is 0 Å². The molecular formula is C36H46ClN3O9S. The third-order valence-corrected chi connectivity index (χ3v) is 10.7. The molecule has 2 fully saturated rings. The van der Waals surface area contributed by atoms with E-state index in [1.54, 1.807) is 18.3 Å². The van der Waals surface area contributed by atoms with E-state index in [1.807, 2.05) is 36.5 Å². The Kier molecular flexibility index (Phi) is 13.6. The molecule has 12 nitrogen and oxygen atoms in total. The number of carbonyl (C=O) groups is 1. The van der Waals surface area contributed by atoms with Crippen LogP contribution in [0.3, 0.4) is 0 Å². The highest BCUT2D eigenvalue weighted by Gasteiger charge is 2.48. The molecule has 0 saturated heterocycles. The van der Waals surface area contributed by atoms with Crippen molar-refractivity contribution in [3.63, 3.8) is 0 Å². The normalized spacial score (nSPS) is 18.0. The van der Waals surface area contributed by atoms with Gasteiger partial charge in [-0.2, -0.15) is 0 Å². The van der Waals surface area contributed by atoms with E-state index in [0.29, 0.717) is 41.5 Å². The van der Waals surface area contributed by atoms with Gasteiger partial charge in [0.2, 0.25) is 0 Å². The van der Waals surface area contributed by atoms with Gasteiger partial charge >= 0.3 is 6.03 Å². The number of hydrogen-bond acceptors (Lipinski definition) is 10. The second kappa shape index (κ2) is 17.9. The Hall–Kier alpha value is -3.14. The van der Waals surface area contributed by atoms with Crippen molar-refractivity contribution in [2.24, 2.45) is 0 Å². The molecule has 2 saturated carbocycles. The number of urea groups is 1. The van der Waals surface area contributed by atoms with Crippen LogP contribution in [0.2, 0.25) is 5.02 Å². The van der Waals surface area contributed by atoms with E-state index in [9.17, 15) is 29.4 Å². The number of aromatic nitrogens is 1. The first-order chi connectivity index (χ1) is 24.1. The zero-order valence-electron chi connectivity index (χ0n) is 27.7. The maximum atomic E-state index is 13.1. The van der Waals surface area contributed by atoms with E-state index in [2.05, 4.69) is 21.7 Å². The number of para-hydroxylation sites is 1. The van der Waals surface area contributed by atoms with E-state index < -0.39 is 53.5 Å². The number of aliphatic hydroxyl groups is 5. The summed E-state index contributed by atoms with van der Waals surface area (Å²) in [6.07, 6.45) is 3.12. The largest absolute Gasteiger partial charge is 0.490 e. The van der Waals surface area contributed by atoms with Crippen molar-refractivity contribution in [1.29, 1.82) is 0 Å². The van der Waals surface area contributed by atoms with E-state index in [4.69, 9.17) is 26.2 Å². The highest BCUT2D eigenvalue weighted by Crippen LogP contribution is 2.53. The third-order valence-electron chi connectivity index (χ3n) is 8.88. The summed E-state index contributed by atoms with van der Waals surface area (Å²) in [5, 5.41) is 53.2. The minimum atomic E-state index is -1.76. The molecule has 3 aromatic rings. The molecule has 50 heavy (non-hydrogen) atoms. The molecule has 0 aliphatic heterocycles. The standard InChI is InChI=1S/C36H46ClN3O9S/c37-29-11-10-25(50(47)17-5-1-4-15-39-35(46)40-20-30(42)33(44)34(45)31(43)21-41)18-23(29)22-48-36(13-14-36)28-19-38-16-12-26(28)27-6-2-3-7-32(27)49-24-8-9-24/h2-3,6-7,10-12,16,18-19,24,30-31,33-34,41-45H,1,4-5,8-9,13-15,17,20-22H2,(H2,39,40,46). The van der Waals surface area contributed by atoms with Crippen molar-refractivity contribution in [1.82, 2.24) is 15.6 Å². The van der Waals surface area contributed by atoms with E-state index >= 15 is 0 Å². The van der Waals surface area contributed by atoms with Gasteiger partial charge in [-0.25, -0.2) is 4.79 Å². The second-order valence-electron chi connectivity index (χ2n) is 12.8. The molecule has 7 N–H and O–H groups in total. The highest BCUT2D eigenvalue weighted by molar-refractivity contribution is 7.85. The number of unbranched alkanes of at least 4 members (excludes halogenated alkanes) is 2. The Morgan fingerprint density at radius 3 is 2.48 bits per heavy atom. The van der Waals surface area contributed by atoms with E-state index in [-0.39, 0.29) is 19.3 Å². The van der Waals surface area contributed by atoms with Crippen LogP contribution in [0, 0.1) is 0 Å². The maximum absolute atomic E-state index is 13.1. The Labute approximate surface area is 299 Å². The van der Waals surface area contributed by atoms with Crippen LogP contribution in [0.15, 0.2) is 65.8 Å². The zero-order chi connectivity index (χ0) is 35.7. The number of pyridine rings is 1. The highest BCUT2D eigenvalue weighted by atomic mass is 35.5. The minimum Gasteiger partial charge on any atom is -0.490 e. The van der Waals surface area contributed by atoms with Crippen molar-refractivity contribution >= 4 is 28.4 Å². The minimum absolute atomic E-state index is 0.257. The van der Waals surface area contributed by atoms with Crippen LogP contribution in [0.25, 0.3) is 11.1 Å². The van der Waals surface area contributed by atoms with Crippen molar-refractivity contribution in [2.75, 3.05) is 25.4 Å². The fourth-order valence-electron chi connectivity index (χ4n) is 5.57. The number of amides is 2. The number of aliphatic hydroxyl groups excluding tert-OH is 5. The number of ether oxygens (including phenoxy) is 2. The summed E-state index contributed by atoms with van der Waals surface area (Å²) in [6, 6.07) is 14.9. The molecular weight excluding hydrogens is 686 g/mol. The molecule has 0 spiro atoms. The quantitative estimate of drug-likeness (QED) is 0.0850. The average molecular weight is 732 g/mol. The van der Waals surface area contributed by atoms with Crippen molar-refractivity contribution in [2.45, 2.75) is 92.6 Å². The Morgan fingerprint density at radius 1 is 0.980 bits per heavy atom. The van der Waals surface area contributed by atoms with E-state index in [0.717, 1.165) is 53.7 Å². The van der Waals surface area contributed by atoms with Crippen molar-refractivity contribution < 1.29 is 44.0 Å². The number of rotatable bonds is 20. The maximum Gasteiger partial charge on any atom is 0.314 e. The number of nitrogens with one attached hydrogen (secondary N) is 2. The smallest absolute Gasteiger partial charge is 0.314 e. The topological polar surface area (TPSA) is 191 Å². The van der Waals surface area contributed by atoms with Gasteiger partial charge in [-0.1, -0.05) is 36.2 Å². The first kappa shape index (κ1) is 38.1. The monoisotopic (exact) mass is 731 g/mol. The van der Waals surface area contributed by atoms with Crippen LogP contribution >= 0.6 is 11.6 Å². The molecule has 272 valence electrons. The number of halogens is 1. The number of benzene rings is 2. The number of nitrogens with zero attached hydrogens (tertiary/aromatic N) is 1. The number of carbonyl (C=O) groups excluding carboxylic acids is 1. The van der Waals surface area contributed by atoms with Crippen LogP contribution in [-0.4, -0.2) is 96.7 Å². The molecule has 0 radical (unpaired) electrons. The lowest BCUT2D eigenvalue weighted by atomic mass is 9.96. The summed E-state index contributed by atoms with van der Waals surface area (Å²) >= 11 is 6.57. The lowest BCUT2D eigenvalue weighted by molar-refractivity contribution is -0.113. The molecule has 5 atom stereocenters. The fourth-order valence-corrected chi connectivity index (χ4v) is 6.94. The summed E-state index contributed by atoms with van der Waals surface area (Å²) in [5.41, 5.74) is 3.34. The van der Waals surface area contributed by atoms with Gasteiger partial charge in [0.15, 0.2) is 0 Å². The van der Waals surface area contributed by atoms with Gasteiger partial charge in [0, 0.05) is 52.3 Å². The molecule has 5 rings (SSSR count). The molecule has 1 heterocycles. The van der Waals surface area contributed by atoms with Crippen molar-refractivity contribution in [3.05, 3.63) is 77.1 Å². The first-order valence-corrected chi connectivity index (χ1v) is 18.7. The summed E-state index contributed by atoms with van der Waals surface area (Å²) in [4.78, 5) is 17.1. The predicted molar refractivity (Wildman–Crippen MR) is 188 cm³/mol. The zero-order valence-corrected chi connectivity index (χ0v) is 29.3. The predicted octanol–water partition coefficient (Wildman–Crippen LogP) is 3.16. The Balaban J connectivity index is 1.07. The molecule has 1 aromatic heterocycles. The Bertz CT molecular complexity index is 1610. The van der Waals surface area contributed by atoms with Crippen LogP contribution in [0.1, 0.15) is 56.1 Å². The van der Waals surface area contributed by atoms with Crippen LogP contribution in [0.5, 0.6) is 5.75 Å². The summed E-state index contributed by atoms with van der Waals surface area (Å²) in [5.74, 6) is 1.30. The van der Waals surface area contributed by atoms with Crippen LogP contribution in [-0.2, 0) is 27.7 Å². The van der Waals surface area contributed by atoms with E-state index in [1.165, 1.54) is 0 Å². The molecule has 5 unspecified atom stereocenters. The molecule has 0 bridgehead atoms. The summed E-state index contributed by atoms with van der Waals surface area (Å²) in [6.45, 7) is -0.562. The third kappa shape index (κ3) is 10.2. The molecule has 2 amide bonds. The number of hydrogen-bond donors (Lipinski definition) is 7. The summed E-state index contributed by atoms with van der Waals surface area (Å²) in [7, 11) is -1.26. The van der Waals surface area contributed by atoms with Gasteiger partial charge in [0.25, 0.3) is 0 Å². The van der Waals surface area contributed by atoms with Gasteiger partial charge in [-0.05, 0) is 80.0 Å². The van der Waals surface area contributed by atoms with Crippen molar-refractivity contribution in [3.8, 4) is 16.9 Å². The molecule has 2 aliphatic rings. The van der Waals surface area contributed by atoms with Gasteiger partial charge in [0.05, 0.1) is 41.8 Å². The lowest BCUT2D eigenvalue weighted by Crippen LogP contribution is -2.50. The second-order valence-corrected chi connectivity index (χ2v) is 14.8.